The van der Waals surface area contributed by atoms with E-state index in [1.165, 1.54) is 50.5 Å². The van der Waals surface area contributed by atoms with E-state index in [9.17, 15) is 9.59 Å². The Labute approximate surface area is 193 Å². The van der Waals surface area contributed by atoms with Crippen LogP contribution in [0.4, 0.5) is 0 Å². The van der Waals surface area contributed by atoms with Crippen molar-refractivity contribution in [3.8, 4) is 5.75 Å². The molecule has 0 aliphatic carbocycles. The van der Waals surface area contributed by atoms with Gasteiger partial charge >= 0.3 is 5.97 Å². The van der Waals surface area contributed by atoms with Crippen LogP contribution in [0.25, 0.3) is 0 Å². The van der Waals surface area contributed by atoms with Gasteiger partial charge in [0.1, 0.15) is 5.75 Å². The molecule has 0 fully saturated rings. The molecular weight excluding hydrogens is 435 g/mol. The van der Waals surface area contributed by atoms with Crippen LogP contribution in [0, 0.1) is 0 Å². The lowest BCUT2D eigenvalue weighted by Gasteiger charge is -2.07. The first-order chi connectivity index (χ1) is 15.0. The van der Waals surface area contributed by atoms with Crippen molar-refractivity contribution in [3.63, 3.8) is 0 Å². The van der Waals surface area contributed by atoms with E-state index in [0.717, 1.165) is 12.8 Å². The second-order valence-electron chi connectivity index (χ2n) is 7.25. The van der Waals surface area contributed by atoms with Crippen molar-refractivity contribution in [2.24, 2.45) is 5.10 Å². The molecule has 0 aromatic heterocycles. The quantitative estimate of drug-likeness (QED) is 0.124. The molecule has 0 atom stereocenters. The highest BCUT2D eigenvalue weighted by molar-refractivity contribution is 6.36. The van der Waals surface area contributed by atoms with E-state index in [0.29, 0.717) is 22.8 Å². The predicted molar refractivity (Wildman–Crippen MR) is 126 cm³/mol. The molecule has 31 heavy (non-hydrogen) atoms. The lowest BCUT2D eigenvalue weighted by atomic mass is 10.1. The molecule has 0 heterocycles. The third-order valence-electron chi connectivity index (χ3n) is 4.63. The molecule has 0 bridgehead atoms. The fourth-order valence-corrected chi connectivity index (χ4v) is 3.44. The summed E-state index contributed by atoms with van der Waals surface area (Å²) in [5.74, 6) is -0.349. The van der Waals surface area contributed by atoms with Crippen LogP contribution >= 0.6 is 23.2 Å². The van der Waals surface area contributed by atoms with Crippen molar-refractivity contribution >= 4 is 41.3 Å². The van der Waals surface area contributed by atoms with Crippen LogP contribution in [0.5, 0.6) is 5.75 Å². The minimum Gasteiger partial charge on any atom is -0.423 e. The summed E-state index contributed by atoms with van der Waals surface area (Å²) >= 11 is 11.9. The summed E-state index contributed by atoms with van der Waals surface area (Å²) in [6, 6.07) is 11.4. The fraction of sp³-hybridized carbons (Fsp3) is 0.375. The lowest BCUT2D eigenvalue weighted by molar-refractivity contribution is -0.121. The molecule has 5 nitrogen and oxygen atoms in total. The number of hydrogen-bond acceptors (Lipinski definition) is 4. The Morgan fingerprint density at radius 3 is 2.48 bits per heavy atom. The summed E-state index contributed by atoms with van der Waals surface area (Å²) in [5, 5.41) is 4.64. The number of rotatable bonds is 12. The van der Waals surface area contributed by atoms with E-state index < -0.39 is 5.97 Å². The Morgan fingerprint density at radius 1 is 1.00 bits per heavy atom. The Kier molecular flexibility index (Phi) is 11.1. The van der Waals surface area contributed by atoms with Crippen LogP contribution in [0.2, 0.25) is 10.0 Å². The number of nitrogens with zero attached hydrogens (tertiary/aromatic N) is 1. The van der Waals surface area contributed by atoms with Crippen molar-refractivity contribution in [2.45, 2.75) is 58.3 Å². The number of amides is 1. The van der Waals surface area contributed by atoms with Gasteiger partial charge in [0, 0.05) is 11.4 Å². The van der Waals surface area contributed by atoms with Crippen LogP contribution in [0.15, 0.2) is 47.6 Å². The summed E-state index contributed by atoms with van der Waals surface area (Å²) in [5.41, 5.74) is 3.44. The highest BCUT2D eigenvalue weighted by Gasteiger charge is 2.13. The monoisotopic (exact) mass is 462 g/mol. The average Bonchev–Trinajstić information content (AvgIpc) is 2.73. The normalized spacial score (nSPS) is 10.9. The van der Waals surface area contributed by atoms with Crippen LogP contribution in [-0.2, 0) is 4.79 Å². The van der Waals surface area contributed by atoms with Gasteiger partial charge in [0.05, 0.1) is 16.8 Å². The van der Waals surface area contributed by atoms with Crippen molar-refractivity contribution in [2.75, 3.05) is 0 Å². The van der Waals surface area contributed by atoms with E-state index in [4.69, 9.17) is 27.9 Å². The van der Waals surface area contributed by atoms with Gasteiger partial charge in [0.25, 0.3) is 0 Å². The Hall–Kier alpha value is -2.37. The van der Waals surface area contributed by atoms with Crippen molar-refractivity contribution in [1.29, 1.82) is 0 Å². The zero-order chi connectivity index (χ0) is 22.5. The van der Waals surface area contributed by atoms with E-state index in [-0.39, 0.29) is 16.5 Å². The first-order valence-corrected chi connectivity index (χ1v) is 11.3. The molecule has 2 rings (SSSR count). The third-order valence-corrected chi connectivity index (χ3v) is 5.18. The molecule has 0 spiro atoms. The predicted octanol–water partition coefficient (Wildman–Crippen LogP) is 6.80. The second-order valence-corrected chi connectivity index (χ2v) is 8.09. The topological polar surface area (TPSA) is 67.8 Å². The molecule has 1 N–H and O–H groups in total. The van der Waals surface area contributed by atoms with E-state index >= 15 is 0 Å². The number of carbonyl (C=O) groups excluding carboxylic acids is 2. The molecule has 166 valence electrons. The number of benzene rings is 2. The minimum atomic E-state index is -0.584. The van der Waals surface area contributed by atoms with Crippen molar-refractivity contribution in [1.82, 2.24) is 5.43 Å². The number of carbonyl (C=O) groups is 2. The van der Waals surface area contributed by atoms with Crippen LogP contribution < -0.4 is 10.2 Å². The molecule has 0 aliphatic heterocycles. The minimum absolute atomic E-state index is 0.107. The molecule has 2 aromatic rings. The summed E-state index contributed by atoms with van der Waals surface area (Å²) < 4.78 is 5.37. The number of hydrogen-bond donors (Lipinski definition) is 1. The molecule has 7 heteroatoms. The molecule has 0 unspecified atom stereocenters. The third kappa shape index (κ3) is 9.53. The van der Waals surface area contributed by atoms with Gasteiger partial charge in [0.15, 0.2) is 0 Å². The summed E-state index contributed by atoms with van der Waals surface area (Å²) in [6.45, 7) is 2.20. The second kappa shape index (κ2) is 13.8. The Bertz CT molecular complexity index is 900. The molecule has 1 amide bonds. The Morgan fingerprint density at radius 2 is 1.74 bits per heavy atom. The van der Waals surface area contributed by atoms with Crippen LogP contribution in [0.1, 0.15) is 74.2 Å². The standard InChI is InChI=1S/C24H28Cl2N2O3/c1-2-3-4-5-6-7-8-12-23(29)28-27-17-18-10-9-11-20(15-18)31-24(30)21-14-13-19(25)16-22(21)26/h9-11,13-17H,2-8,12H2,1H3,(H,28,29)/b27-17-. The van der Waals surface area contributed by atoms with Crippen LogP contribution in [0.3, 0.4) is 0 Å². The zero-order valence-electron chi connectivity index (χ0n) is 17.7. The summed E-state index contributed by atoms with van der Waals surface area (Å²) in [6.07, 6.45) is 10.1. The van der Waals surface area contributed by atoms with Gasteiger partial charge in [-0.05, 0) is 42.3 Å². The van der Waals surface area contributed by atoms with Gasteiger partial charge in [-0.3, -0.25) is 4.79 Å². The van der Waals surface area contributed by atoms with Gasteiger partial charge in [-0.2, -0.15) is 5.10 Å². The van der Waals surface area contributed by atoms with Gasteiger partial charge in [0.2, 0.25) is 5.91 Å². The first kappa shape index (κ1) is 24.9. The number of hydrazone groups is 1. The van der Waals surface area contributed by atoms with E-state index in [1.54, 1.807) is 30.3 Å². The maximum Gasteiger partial charge on any atom is 0.345 e. The van der Waals surface area contributed by atoms with Crippen molar-refractivity contribution in [3.05, 3.63) is 63.6 Å². The van der Waals surface area contributed by atoms with Gasteiger partial charge in [-0.25, -0.2) is 10.2 Å². The van der Waals surface area contributed by atoms with Gasteiger partial charge in [-0.1, -0.05) is 80.8 Å². The van der Waals surface area contributed by atoms with Gasteiger partial charge in [-0.15, -0.1) is 0 Å². The number of ether oxygens (including phenoxy) is 1. The summed E-state index contributed by atoms with van der Waals surface area (Å²) in [4.78, 5) is 24.2. The molecule has 2 aromatic carbocycles. The largest absolute Gasteiger partial charge is 0.423 e. The molecule has 0 saturated carbocycles. The lowest BCUT2D eigenvalue weighted by Crippen LogP contribution is -2.16. The van der Waals surface area contributed by atoms with E-state index in [1.807, 2.05) is 0 Å². The summed E-state index contributed by atoms with van der Waals surface area (Å²) in [7, 11) is 0. The van der Waals surface area contributed by atoms with Crippen molar-refractivity contribution < 1.29 is 14.3 Å². The highest BCUT2D eigenvalue weighted by atomic mass is 35.5. The maximum atomic E-state index is 12.3. The van der Waals surface area contributed by atoms with E-state index in [2.05, 4.69) is 17.5 Å². The maximum absolute atomic E-state index is 12.3. The molecule has 0 radical (unpaired) electrons. The number of nitrogens with one attached hydrogen (secondary N) is 1. The first-order valence-electron chi connectivity index (χ1n) is 10.6. The van der Waals surface area contributed by atoms with Crippen LogP contribution in [-0.4, -0.2) is 18.1 Å². The fourth-order valence-electron chi connectivity index (χ4n) is 2.95. The molecular formula is C24H28Cl2N2O3. The number of unbranched alkanes of at least 4 members (excludes halogenated alkanes) is 6. The zero-order valence-corrected chi connectivity index (χ0v) is 19.2. The Balaban J connectivity index is 1.77. The SMILES string of the molecule is CCCCCCCCCC(=O)N/N=C\c1cccc(OC(=O)c2ccc(Cl)cc2Cl)c1. The smallest absolute Gasteiger partial charge is 0.345 e. The average molecular weight is 463 g/mol. The van der Waals surface area contributed by atoms with Gasteiger partial charge < -0.3 is 4.74 Å². The number of halogens is 2. The number of esters is 1. The highest BCUT2D eigenvalue weighted by Crippen LogP contribution is 2.23. The molecule has 0 aliphatic rings. The molecule has 0 saturated heterocycles.